The molecule has 70 heavy (non-hydrogen) atoms. The number of hydrogen-bond donors (Lipinski definition) is 0. The molecule has 10 aromatic rings. The van der Waals surface area contributed by atoms with Gasteiger partial charge in [0, 0.05) is 111 Å². The maximum Gasteiger partial charge on any atom is 2.00 e. The molecule has 8 heterocycles. The van der Waals surface area contributed by atoms with Gasteiger partial charge in [-0.15, -0.1) is 11.5 Å². The summed E-state index contributed by atoms with van der Waals surface area (Å²) in [7, 11) is 0. The van der Waals surface area contributed by atoms with Crippen molar-refractivity contribution in [1.82, 2.24) is 39.9 Å². The molecular formula is C54H48N10Ni2O4. The molecule has 0 atom stereocenters. The van der Waals surface area contributed by atoms with Crippen molar-refractivity contribution in [3.63, 3.8) is 0 Å². The molecule has 0 aliphatic rings. The van der Waals surface area contributed by atoms with Crippen molar-refractivity contribution in [2.24, 2.45) is 10.2 Å². The molecule has 0 bridgehead atoms. The van der Waals surface area contributed by atoms with Crippen molar-refractivity contribution in [1.29, 1.82) is 0 Å². The van der Waals surface area contributed by atoms with Gasteiger partial charge in [0.15, 0.2) is 0 Å². The average molecular weight is 1020 g/mol. The van der Waals surface area contributed by atoms with E-state index in [0.29, 0.717) is 0 Å². The molecule has 0 fully saturated rings. The Kier molecular flexibility index (Phi) is 40.8. The number of pyridine rings is 8. The van der Waals surface area contributed by atoms with Gasteiger partial charge in [-0.3, -0.25) is 39.9 Å². The zero-order valence-corrected chi connectivity index (χ0v) is 39.4. The predicted octanol–water partition coefficient (Wildman–Crippen LogP) is 7.31. The summed E-state index contributed by atoms with van der Waals surface area (Å²) in [4.78, 5) is 30.3. The standard InChI is InChI=1S/C14H12N2O4.8C5H5N.2Ni/c17-11-7-3-1-5-9(11)13(19)15-16-14(20)10-6-2-4-8-12(10)18;8*1-2-4-6-5-3-1;;/h1-8,17-18H,(H,15,19)(H,16,20);8*1-5H;;/q;;;;;;;;;2*+2/p-4. The van der Waals surface area contributed by atoms with Gasteiger partial charge in [0.25, 0.3) is 0 Å². The first kappa shape index (κ1) is 61.2. The summed E-state index contributed by atoms with van der Waals surface area (Å²) < 4.78 is 0. The Hall–Kier alpha value is -8.83. The van der Waals surface area contributed by atoms with Crippen LogP contribution < -0.4 is 20.4 Å². The summed E-state index contributed by atoms with van der Waals surface area (Å²) in [6.45, 7) is 0. The Morgan fingerprint density at radius 3 is 0.514 bits per heavy atom. The maximum absolute atomic E-state index is 11.6. The fourth-order valence-corrected chi connectivity index (χ4v) is 3.99. The van der Waals surface area contributed by atoms with E-state index in [9.17, 15) is 20.4 Å². The molecule has 0 aliphatic heterocycles. The van der Waals surface area contributed by atoms with Crippen molar-refractivity contribution >= 4 is 11.8 Å². The summed E-state index contributed by atoms with van der Waals surface area (Å²) in [5.41, 5.74) is -0.362. The third-order valence-electron chi connectivity index (χ3n) is 7.00. The topological polar surface area (TPSA) is 220 Å². The quantitative estimate of drug-likeness (QED) is 0.0736. The van der Waals surface area contributed by atoms with Crippen LogP contribution in [0.5, 0.6) is 11.5 Å². The third-order valence-corrected chi connectivity index (χ3v) is 7.00. The zero-order chi connectivity index (χ0) is 48.5. The van der Waals surface area contributed by atoms with Crippen LogP contribution in [-0.2, 0) is 33.0 Å². The van der Waals surface area contributed by atoms with Crippen LogP contribution in [0, 0.1) is 0 Å². The molecule has 10 rings (SSSR count). The van der Waals surface area contributed by atoms with E-state index in [0.717, 1.165) is 0 Å². The summed E-state index contributed by atoms with van der Waals surface area (Å²) in [5.74, 6) is -2.86. The largest absolute Gasteiger partial charge is 2.00 e. The Morgan fingerprint density at radius 1 is 0.243 bits per heavy atom. The summed E-state index contributed by atoms with van der Waals surface area (Å²) in [5, 5.41) is 52.3. The van der Waals surface area contributed by atoms with E-state index < -0.39 is 23.3 Å². The van der Waals surface area contributed by atoms with Crippen LogP contribution in [0.25, 0.3) is 0 Å². The third kappa shape index (κ3) is 36.4. The van der Waals surface area contributed by atoms with Crippen LogP contribution in [0.3, 0.4) is 0 Å². The van der Waals surface area contributed by atoms with E-state index >= 15 is 0 Å². The van der Waals surface area contributed by atoms with Gasteiger partial charge >= 0.3 is 33.0 Å². The molecule has 8 aromatic heterocycles. The van der Waals surface area contributed by atoms with Crippen molar-refractivity contribution < 1.29 is 53.4 Å². The summed E-state index contributed by atoms with van der Waals surface area (Å²) in [6.07, 6.45) is 28.0. The van der Waals surface area contributed by atoms with Crippen LogP contribution in [0.15, 0.2) is 303 Å². The first-order chi connectivity index (χ1) is 33.6. The minimum absolute atomic E-state index is 0. The zero-order valence-electron chi connectivity index (χ0n) is 37.5. The number of nitrogens with zero attached hydrogens (tertiary/aromatic N) is 10. The molecule has 2 aromatic carbocycles. The number of para-hydroxylation sites is 2. The van der Waals surface area contributed by atoms with Gasteiger partial charge in [-0.25, -0.2) is 0 Å². The van der Waals surface area contributed by atoms with Gasteiger partial charge in [0.2, 0.25) is 0 Å². The smallest absolute Gasteiger partial charge is 0.872 e. The number of benzene rings is 2. The van der Waals surface area contributed by atoms with E-state index in [1.807, 2.05) is 146 Å². The van der Waals surface area contributed by atoms with Crippen LogP contribution >= 0.6 is 0 Å². The second-order valence-electron chi connectivity index (χ2n) is 12.0. The first-order valence-electron chi connectivity index (χ1n) is 20.4. The van der Waals surface area contributed by atoms with Crippen LogP contribution in [0.1, 0.15) is 11.1 Å². The van der Waals surface area contributed by atoms with Gasteiger partial charge in [0.05, 0.1) is 0 Å². The van der Waals surface area contributed by atoms with E-state index in [2.05, 4.69) is 50.1 Å². The molecular weight excluding hydrogens is 970 g/mol. The Labute approximate surface area is 429 Å². The Morgan fingerprint density at radius 2 is 0.400 bits per heavy atom. The van der Waals surface area contributed by atoms with Gasteiger partial charge in [-0.2, -0.15) is 10.2 Å². The molecule has 358 valence electrons. The molecule has 0 radical (unpaired) electrons. The number of rotatable bonds is 3. The molecule has 0 saturated carbocycles. The molecule has 14 nitrogen and oxygen atoms in total. The second-order valence-corrected chi connectivity index (χ2v) is 12.0. The van der Waals surface area contributed by atoms with Crippen molar-refractivity contribution in [2.45, 2.75) is 0 Å². The van der Waals surface area contributed by atoms with Crippen LogP contribution in [0.4, 0.5) is 0 Å². The molecule has 0 unspecified atom stereocenters. The van der Waals surface area contributed by atoms with E-state index in [-0.39, 0.29) is 44.1 Å². The Bertz CT molecular complexity index is 1960. The number of aromatic nitrogens is 8. The summed E-state index contributed by atoms with van der Waals surface area (Å²) >= 11 is 0. The van der Waals surface area contributed by atoms with E-state index in [1.54, 1.807) is 99.1 Å². The Balaban J connectivity index is 0.000000807. The number of hydrogen-bond acceptors (Lipinski definition) is 14. The summed E-state index contributed by atoms with van der Waals surface area (Å²) in [6, 6.07) is 56.7. The van der Waals surface area contributed by atoms with Gasteiger partial charge < -0.3 is 20.4 Å². The maximum atomic E-state index is 11.6. The van der Waals surface area contributed by atoms with Crippen molar-refractivity contribution in [3.8, 4) is 11.5 Å². The first-order valence-corrected chi connectivity index (χ1v) is 20.4. The van der Waals surface area contributed by atoms with Crippen LogP contribution in [-0.4, -0.2) is 51.7 Å². The molecule has 0 saturated heterocycles. The second kappa shape index (κ2) is 46.7. The van der Waals surface area contributed by atoms with Crippen LogP contribution in [0.2, 0.25) is 0 Å². The van der Waals surface area contributed by atoms with Gasteiger partial charge in [0.1, 0.15) is 0 Å². The normalized spacial score (nSPS) is 9.03. The van der Waals surface area contributed by atoms with Crippen molar-refractivity contribution in [3.05, 3.63) is 304 Å². The molecule has 0 spiro atoms. The minimum Gasteiger partial charge on any atom is -0.872 e. The monoisotopic (exact) mass is 1020 g/mol. The molecule has 0 aliphatic carbocycles. The van der Waals surface area contributed by atoms with E-state index in [4.69, 9.17) is 0 Å². The van der Waals surface area contributed by atoms with Crippen molar-refractivity contribution in [2.75, 3.05) is 0 Å². The van der Waals surface area contributed by atoms with Gasteiger partial charge in [-0.05, 0) is 108 Å². The average Bonchev–Trinajstić information content (AvgIpc) is 3.45. The molecule has 0 N–H and O–H groups in total. The molecule has 16 heteroatoms. The minimum atomic E-state index is -0.924. The molecule has 0 amide bonds. The fraction of sp³-hybridized carbons (Fsp3) is 0. The van der Waals surface area contributed by atoms with E-state index in [1.165, 1.54) is 48.5 Å². The van der Waals surface area contributed by atoms with Gasteiger partial charge in [-0.1, -0.05) is 97.1 Å². The SMILES string of the molecule is [Ni+2].[Ni+2].[O-]/C(=N\N=C(/[O-])c1ccccc1[O-])c1ccccc1[O-].c1ccncc1.c1ccncc1.c1ccncc1.c1ccncc1.c1ccncc1.c1ccncc1.c1ccncc1.c1ccncc1. The predicted molar refractivity (Wildman–Crippen MR) is 259 cm³/mol. The fourth-order valence-electron chi connectivity index (χ4n) is 3.99.